The van der Waals surface area contributed by atoms with Gasteiger partial charge in [-0.25, -0.2) is 4.98 Å². The van der Waals surface area contributed by atoms with Crippen LogP contribution >= 0.6 is 23.2 Å². The second kappa shape index (κ2) is 7.22. The molecule has 1 aliphatic rings. The molecule has 1 aromatic heterocycles. The predicted molar refractivity (Wildman–Crippen MR) is 92.3 cm³/mol. The fraction of sp³-hybridized carbons (Fsp3) is 0.400. The first-order valence-electron chi connectivity index (χ1n) is 7.48. The Kier molecular flexibility index (Phi) is 5.38. The maximum Gasteiger partial charge on any atom is 0.264 e. The smallest absolute Gasteiger partial charge is 0.264 e. The average Bonchev–Trinajstić information content (AvgIpc) is 3.15. The van der Waals surface area contributed by atoms with Gasteiger partial charge in [-0.1, -0.05) is 29.3 Å². The molecule has 2 atom stereocenters. The second-order valence-electron chi connectivity index (χ2n) is 5.72. The number of H-pyrrole nitrogens is 1. The number of aromatic nitrogens is 2. The number of halogens is 2. The number of ether oxygens (including phenoxy) is 2. The van der Waals surface area contributed by atoms with Crippen LogP contribution in [0.1, 0.15) is 17.8 Å². The van der Waals surface area contributed by atoms with E-state index in [4.69, 9.17) is 37.2 Å². The van der Waals surface area contributed by atoms with Crippen molar-refractivity contribution in [3.8, 4) is 0 Å². The van der Waals surface area contributed by atoms with Crippen molar-refractivity contribution in [2.24, 2.45) is 0 Å². The van der Waals surface area contributed by atoms with E-state index in [9.17, 15) is 8.42 Å². The molecule has 0 saturated carbocycles. The Morgan fingerprint density at radius 1 is 1.40 bits per heavy atom. The van der Waals surface area contributed by atoms with Crippen molar-refractivity contribution in [1.82, 2.24) is 9.97 Å². The van der Waals surface area contributed by atoms with Gasteiger partial charge in [0.15, 0.2) is 0 Å². The molecule has 0 bridgehead atoms. The second-order valence-corrected chi connectivity index (χ2v) is 8.13. The van der Waals surface area contributed by atoms with Gasteiger partial charge in [0.2, 0.25) is 5.79 Å². The molecular formula is C15H16Cl2N2O5S. The number of rotatable bonds is 6. The van der Waals surface area contributed by atoms with Gasteiger partial charge in [-0.2, -0.15) is 8.42 Å². The van der Waals surface area contributed by atoms with Crippen LogP contribution in [-0.4, -0.2) is 41.4 Å². The molecule has 0 radical (unpaired) electrons. The quantitative estimate of drug-likeness (QED) is 0.715. The molecule has 136 valence electrons. The molecule has 10 heteroatoms. The molecular weight excluding hydrogens is 391 g/mol. The van der Waals surface area contributed by atoms with E-state index in [1.54, 1.807) is 30.6 Å². The molecule has 2 aromatic rings. The van der Waals surface area contributed by atoms with Crippen molar-refractivity contribution < 1.29 is 22.4 Å². The third-order valence-corrected chi connectivity index (χ3v) is 5.15. The number of hydrogen-bond donors (Lipinski definition) is 2. The topological polar surface area (TPSA) is 102 Å². The Balaban J connectivity index is 1.88. The van der Waals surface area contributed by atoms with E-state index >= 15 is 0 Å². The first kappa shape index (κ1) is 18.6. The van der Waals surface area contributed by atoms with Crippen LogP contribution in [0.2, 0.25) is 10.0 Å². The Labute approximate surface area is 155 Å². The number of nitrogens with zero attached hydrogens (tertiary/aromatic N) is 1. The summed E-state index contributed by atoms with van der Waals surface area (Å²) in [6.45, 7) is 0.162. The third kappa shape index (κ3) is 4.52. The standard InChI is InChI=1S/C15H16Cl2N2O5S/c16-10-1-2-12(13(17)7-10)15(8-14-18-4-5-19-14)23-9-11(24-15)3-6-25(20,21)22/h1-2,4-5,7,11H,3,6,8-9H2,(H,18,19)(H,20,21,22)/t11-,15-/m1/s1. The number of aromatic amines is 1. The molecule has 25 heavy (non-hydrogen) atoms. The van der Waals surface area contributed by atoms with Crippen molar-refractivity contribution in [1.29, 1.82) is 0 Å². The molecule has 3 rings (SSSR count). The highest BCUT2D eigenvalue weighted by molar-refractivity contribution is 7.85. The van der Waals surface area contributed by atoms with Gasteiger partial charge in [0, 0.05) is 23.0 Å². The summed E-state index contributed by atoms with van der Waals surface area (Å²) in [6, 6.07) is 4.96. The lowest BCUT2D eigenvalue weighted by atomic mass is 10.0. The molecule has 0 unspecified atom stereocenters. The average molecular weight is 407 g/mol. The molecule has 0 spiro atoms. The zero-order valence-electron chi connectivity index (χ0n) is 13.0. The zero-order valence-corrected chi connectivity index (χ0v) is 15.3. The molecule has 2 heterocycles. The van der Waals surface area contributed by atoms with Gasteiger partial charge >= 0.3 is 0 Å². The minimum Gasteiger partial charge on any atom is -0.348 e. The van der Waals surface area contributed by atoms with Gasteiger partial charge < -0.3 is 14.5 Å². The van der Waals surface area contributed by atoms with E-state index in [0.717, 1.165) is 0 Å². The van der Waals surface area contributed by atoms with Crippen LogP contribution in [0.5, 0.6) is 0 Å². The van der Waals surface area contributed by atoms with Gasteiger partial charge in [-0.15, -0.1) is 0 Å². The van der Waals surface area contributed by atoms with Crippen LogP contribution in [0.4, 0.5) is 0 Å². The summed E-state index contributed by atoms with van der Waals surface area (Å²) in [5.74, 6) is -1.00. The van der Waals surface area contributed by atoms with E-state index < -0.39 is 27.8 Å². The molecule has 1 fully saturated rings. The van der Waals surface area contributed by atoms with E-state index in [2.05, 4.69) is 9.97 Å². The van der Waals surface area contributed by atoms with Gasteiger partial charge in [0.05, 0.1) is 29.9 Å². The first-order valence-corrected chi connectivity index (χ1v) is 9.85. The first-order chi connectivity index (χ1) is 11.8. The van der Waals surface area contributed by atoms with Crippen LogP contribution in [0.3, 0.4) is 0 Å². The van der Waals surface area contributed by atoms with Crippen molar-refractivity contribution in [2.75, 3.05) is 12.4 Å². The van der Waals surface area contributed by atoms with E-state index in [1.807, 2.05) is 0 Å². The summed E-state index contributed by atoms with van der Waals surface area (Å²) in [5, 5.41) is 0.845. The molecule has 0 aliphatic carbocycles. The molecule has 2 N–H and O–H groups in total. The SMILES string of the molecule is O=S(=O)(O)CC[C@@H]1CO[C@@](Cc2ncc[nH]2)(c2ccc(Cl)cc2Cl)O1. The van der Waals surface area contributed by atoms with Crippen molar-refractivity contribution >= 4 is 33.3 Å². The highest BCUT2D eigenvalue weighted by Gasteiger charge is 2.45. The number of benzene rings is 1. The maximum atomic E-state index is 11.0. The van der Waals surface area contributed by atoms with Crippen molar-refractivity contribution in [3.05, 3.63) is 52.0 Å². The Hall–Kier alpha value is -1.16. The Morgan fingerprint density at radius 2 is 2.20 bits per heavy atom. The minimum atomic E-state index is -4.07. The number of imidazole rings is 1. The maximum absolute atomic E-state index is 11.0. The fourth-order valence-electron chi connectivity index (χ4n) is 2.73. The summed E-state index contributed by atoms with van der Waals surface area (Å²) < 4.78 is 42.8. The Bertz CT molecular complexity index is 844. The molecule has 7 nitrogen and oxygen atoms in total. The summed E-state index contributed by atoms with van der Waals surface area (Å²) in [5.41, 5.74) is 0.573. The van der Waals surface area contributed by atoms with Gasteiger partial charge in [-0.3, -0.25) is 4.55 Å². The molecule has 1 aromatic carbocycles. The van der Waals surface area contributed by atoms with Crippen LogP contribution in [0, 0.1) is 0 Å². The van der Waals surface area contributed by atoms with Crippen LogP contribution in [-0.2, 0) is 31.8 Å². The molecule has 1 saturated heterocycles. The highest BCUT2D eigenvalue weighted by atomic mass is 35.5. The summed E-state index contributed by atoms with van der Waals surface area (Å²) in [4.78, 5) is 7.17. The third-order valence-electron chi connectivity index (χ3n) is 3.85. The summed E-state index contributed by atoms with van der Waals surface area (Å²) in [6.07, 6.45) is 3.13. The van der Waals surface area contributed by atoms with Crippen LogP contribution < -0.4 is 0 Å². The summed E-state index contributed by atoms with van der Waals surface area (Å²) >= 11 is 12.3. The van der Waals surface area contributed by atoms with Crippen LogP contribution in [0.25, 0.3) is 0 Å². The van der Waals surface area contributed by atoms with E-state index in [-0.39, 0.29) is 19.4 Å². The summed E-state index contributed by atoms with van der Waals surface area (Å²) in [7, 11) is -4.07. The number of hydrogen-bond acceptors (Lipinski definition) is 5. The highest BCUT2D eigenvalue weighted by Crippen LogP contribution is 2.41. The van der Waals surface area contributed by atoms with Gasteiger partial charge in [0.25, 0.3) is 10.1 Å². The van der Waals surface area contributed by atoms with E-state index in [0.29, 0.717) is 21.4 Å². The lowest BCUT2D eigenvalue weighted by Crippen LogP contribution is -2.32. The lowest BCUT2D eigenvalue weighted by Gasteiger charge is -2.29. The molecule has 1 aliphatic heterocycles. The largest absolute Gasteiger partial charge is 0.348 e. The van der Waals surface area contributed by atoms with Gasteiger partial charge in [-0.05, 0) is 18.6 Å². The fourth-order valence-corrected chi connectivity index (χ4v) is 3.84. The zero-order chi connectivity index (χ0) is 18.1. The minimum absolute atomic E-state index is 0.101. The normalized spacial score (nSPS) is 23.9. The monoisotopic (exact) mass is 406 g/mol. The lowest BCUT2D eigenvalue weighted by molar-refractivity contribution is -0.177. The Morgan fingerprint density at radius 3 is 2.84 bits per heavy atom. The number of nitrogens with one attached hydrogen (secondary N) is 1. The van der Waals surface area contributed by atoms with Gasteiger partial charge in [0.1, 0.15) is 5.82 Å². The van der Waals surface area contributed by atoms with E-state index in [1.165, 1.54) is 0 Å². The van der Waals surface area contributed by atoms with Crippen molar-refractivity contribution in [3.63, 3.8) is 0 Å². The van der Waals surface area contributed by atoms with Crippen LogP contribution in [0.15, 0.2) is 30.6 Å². The predicted octanol–water partition coefficient (Wildman–Crippen LogP) is 2.81. The molecule has 0 amide bonds. The van der Waals surface area contributed by atoms with Crippen molar-refractivity contribution in [2.45, 2.75) is 24.7 Å².